The molecule has 2 aromatic heterocycles. The molecule has 2 aliphatic rings. The van der Waals surface area contributed by atoms with Crippen LogP contribution >= 0.6 is 27.3 Å². The van der Waals surface area contributed by atoms with Crippen molar-refractivity contribution >= 4 is 33.2 Å². The van der Waals surface area contributed by atoms with Crippen LogP contribution in [0.15, 0.2) is 33.1 Å². The predicted octanol–water partition coefficient (Wildman–Crippen LogP) is 3.50. The minimum atomic E-state index is 0.0545. The molecule has 0 bridgehead atoms. The van der Waals surface area contributed by atoms with E-state index in [1.165, 1.54) is 11.3 Å². The van der Waals surface area contributed by atoms with E-state index in [1.54, 1.807) is 17.0 Å². The van der Waals surface area contributed by atoms with Gasteiger partial charge in [-0.1, -0.05) is 0 Å². The highest BCUT2D eigenvalue weighted by Gasteiger charge is 2.27. The number of nitrogens with zero attached hydrogens (tertiary/aromatic N) is 3. The zero-order chi connectivity index (χ0) is 17.4. The molecule has 0 N–H and O–H groups in total. The Labute approximate surface area is 158 Å². The standard InChI is InChI=1S/C18H20BrN3O2S/c19-14-7-16(25-10-14)18(24)21-5-3-12(4-6-21)9-22-11-20-15(8-17(22)23)13-1-2-13/h7-8,10-13H,1-6,9H2. The third-order valence-corrected chi connectivity index (χ3v) is 6.71. The van der Waals surface area contributed by atoms with Crippen LogP contribution in [0, 0.1) is 5.92 Å². The SMILES string of the molecule is O=C(c1cc(Br)cs1)N1CCC(Cn2cnc(C3CC3)cc2=O)CC1. The Morgan fingerprint density at radius 1 is 1.24 bits per heavy atom. The molecule has 3 heterocycles. The van der Waals surface area contributed by atoms with E-state index in [0.29, 0.717) is 18.4 Å². The Morgan fingerprint density at radius 3 is 2.60 bits per heavy atom. The van der Waals surface area contributed by atoms with Crippen LogP contribution in [0.25, 0.3) is 0 Å². The topological polar surface area (TPSA) is 55.2 Å². The molecule has 0 unspecified atom stereocenters. The van der Waals surface area contributed by atoms with E-state index in [9.17, 15) is 9.59 Å². The molecule has 1 saturated carbocycles. The summed E-state index contributed by atoms with van der Waals surface area (Å²) in [5, 5.41) is 1.94. The van der Waals surface area contributed by atoms with E-state index in [0.717, 1.165) is 53.8 Å². The second-order valence-electron chi connectivity index (χ2n) is 6.94. The largest absolute Gasteiger partial charge is 0.338 e. The number of piperidine rings is 1. The van der Waals surface area contributed by atoms with E-state index < -0.39 is 0 Å². The molecule has 5 nitrogen and oxygen atoms in total. The van der Waals surface area contributed by atoms with Gasteiger partial charge in [0.2, 0.25) is 0 Å². The van der Waals surface area contributed by atoms with Gasteiger partial charge in [0.25, 0.3) is 11.5 Å². The molecule has 0 spiro atoms. The van der Waals surface area contributed by atoms with Crippen LogP contribution in [-0.2, 0) is 6.54 Å². The number of rotatable bonds is 4. The summed E-state index contributed by atoms with van der Waals surface area (Å²) in [7, 11) is 0. The first-order chi connectivity index (χ1) is 12.1. The van der Waals surface area contributed by atoms with Crippen LogP contribution in [0.2, 0.25) is 0 Å². The molecule has 1 aliphatic heterocycles. The number of likely N-dealkylation sites (tertiary alicyclic amines) is 1. The molecule has 7 heteroatoms. The minimum absolute atomic E-state index is 0.0545. The van der Waals surface area contributed by atoms with Crippen LogP contribution in [0.4, 0.5) is 0 Å². The van der Waals surface area contributed by atoms with Gasteiger partial charge in [0.05, 0.1) is 16.9 Å². The highest BCUT2D eigenvalue weighted by Crippen LogP contribution is 2.38. The lowest BCUT2D eigenvalue weighted by Crippen LogP contribution is -2.39. The van der Waals surface area contributed by atoms with Gasteiger partial charge in [0.1, 0.15) is 0 Å². The van der Waals surface area contributed by atoms with E-state index >= 15 is 0 Å². The van der Waals surface area contributed by atoms with E-state index in [2.05, 4.69) is 20.9 Å². The predicted molar refractivity (Wildman–Crippen MR) is 101 cm³/mol. The Balaban J connectivity index is 1.34. The number of hydrogen-bond donors (Lipinski definition) is 0. The zero-order valence-corrected chi connectivity index (χ0v) is 16.3. The van der Waals surface area contributed by atoms with Crippen molar-refractivity contribution in [2.24, 2.45) is 5.92 Å². The highest BCUT2D eigenvalue weighted by molar-refractivity contribution is 9.10. The minimum Gasteiger partial charge on any atom is -0.338 e. The number of halogens is 1. The number of thiophene rings is 1. The molecule has 132 valence electrons. The summed E-state index contributed by atoms with van der Waals surface area (Å²) in [6.45, 7) is 2.20. The zero-order valence-electron chi connectivity index (χ0n) is 13.9. The maximum Gasteiger partial charge on any atom is 0.263 e. The lowest BCUT2D eigenvalue weighted by atomic mass is 9.96. The monoisotopic (exact) mass is 421 g/mol. The summed E-state index contributed by atoms with van der Waals surface area (Å²) in [6, 6.07) is 3.58. The van der Waals surface area contributed by atoms with Gasteiger partial charge in [-0.05, 0) is 53.6 Å². The average Bonchev–Trinajstić information content (AvgIpc) is 3.38. The van der Waals surface area contributed by atoms with Crippen LogP contribution in [-0.4, -0.2) is 33.4 Å². The molecule has 2 fully saturated rings. The molecular weight excluding hydrogens is 402 g/mol. The first kappa shape index (κ1) is 17.0. The molecule has 2 aromatic rings. The molecule has 0 atom stereocenters. The Morgan fingerprint density at radius 2 is 2.00 bits per heavy atom. The van der Waals surface area contributed by atoms with E-state index in [-0.39, 0.29) is 11.5 Å². The molecule has 25 heavy (non-hydrogen) atoms. The summed E-state index contributed by atoms with van der Waals surface area (Å²) in [5.74, 6) is 1.04. The third-order valence-electron chi connectivity index (χ3n) is 5.03. The van der Waals surface area contributed by atoms with Gasteiger partial charge in [-0.2, -0.15) is 0 Å². The van der Waals surface area contributed by atoms with Gasteiger partial charge in [0.15, 0.2) is 0 Å². The fourth-order valence-corrected chi connectivity index (χ4v) is 4.75. The molecular formula is C18H20BrN3O2S. The molecule has 0 radical (unpaired) electrons. The van der Waals surface area contributed by atoms with Crippen molar-refractivity contribution < 1.29 is 4.79 Å². The second kappa shape index (κ2) is 7.03. The van der Waals surface area contributed by atoms with Crippen molar-refractivity contribution in [2.45, 2.75) is 38.1 Å². The normalized spacial score (nSPS) is 18.5. The number of carbonyl (C=O) groups excluding carboxylic acids is 1. The number of aromatic nitrogens is 2. The van der Waals surface area contributed by atoms with Crippen molar-refractivity contribution in [1.29, 1.82) is 0 Å². The third kappa shape index (κ3) is 3.87. The van der Waals surface area contributed by atoms with Crippen molar-refractivity contribution in [3.05, 3.63) is 49.2 Å². The van der Waals surface area contributed by atoms with Gasteiger partial charge in [-0.15, -0.1) is 11.3 Å². The Bertz CT molecular complexity index is 835. The van der Waals surface area contributed by atoms with Crippen molar-refractivity contribution in [3.63, 3.8) is 0 Å². The second-order valence-corrected chi connectivity index (χ2v) is 8.77. The van der Waals surface area contributed by atoms with Crippen LogP contribution in [0.3, 0.4) is 0 Å². The number of carbonyl (C=O) groups is 1. The molecule has 1 saturated heterocycles. The van der Waals surface area contributed by atoms with Crippen LogP contribution in [0.1, 0.15) is 47.0 Å². The van der Waals surface area contributed by atoms with E-state index in [1.807, 2.05) is 16.3 Å². The number of amides is 1. The fraction of sp³-hybridized carbons (Fsp3) is 0.500. The van der Waals surface area contributed by atoms with Gasteiger partial charge in [-0.3, -0.25) is 14.2 Å². The highest BCUT2D eigenvalue weighted by atomic mass is 79.9. The van der Waals surface area contributed by atoms with Crippen molar-refractivity contribution in [2.75, 3.05) is 13.1 Å². The lowest BCUT2D eigenvalue weighted by Gasteiger charge is -2.32. The van der Waals surface area contributed by atoms with Crippen molar-refractivity contribution in [1.82, 2.24) is 14.5 Å². The summed E-state index contributed by atoms with van der Waals surface area (Å²) in [6.07, 6.45) is 5.87. The first-order valence-corrected chi connectivity index (χ1v) is 10.4. The molecule has 4 rings (SSSR count). The van der Waals surface area contributed by atoms with Gasteiger partial charge in [0, 0.05) is 41.5 Å². The quantitative estimate of drug-likeness (QED) is 0.758. The first-order valence-electron chi connectivity index (χ1n) is 8.70. The maximum atomic E-state index is 12.5. The van der Waals surface area contributed by atoms with Crippen LogP contribution < -0.4 is 5.56 Å². The summed E-state index contributed by atoms with van der Waals surface area (Å²) >= 11 is 4.87. The summed E-state index contributed by atoms with van der Waals surface area (Å²) < 4.78 is 2.68. The van der Waals surface area contributed by atoms with Crippen molar-refractivity contribution in [3.8, 4) is 0 Å². The average molecular weight is 422 g/mol. The lowest BCUT2D eigenvalue weighted by molar-refractivity contribution is 0.0687. The fourth-order valence-electron chi connectivity index (χ4n) is 3.36. The summed E-state index contributed by atoms with van der Waals surface area (Å²) in [5.41, 5.74) is 1.00. The Kier molecular flexibility index (Phi) is 4.78. The molecule has 1 aliphatic carbocycles. The number of hydrogen-bond acceptors (Lipinski definition) is 4. The smallest absolute Gasteiger partial charge is 0.263 e. The van der Waals surface area contributed by atoms with E-state index in [4.69, 9.17) is 0 Å². The maximum absolute atomic E-state index is 12.5. The Hall–Kier alpha value is -1.47. The molecule has 1 amide bonds. The van der Waals surface area contributed by atoms with Gasteiger partial charge >= 0.3 is 0 Å². The van der Waals surface area contributed by atoms with Gasteiger partial charge in [-0.25, -0.2) is 4.98 Å². The molecule has 0 aromatic carbocycles. The van der Waals surface area contributed by atoms with Gasteiger partial charge < -0.3 is 4.90 Å². The van der Waals surface area contributed by atoms with Crippen LogP contribution in [0.5, 0.6) is 0 Å². The summed E-state index contributed by atoms with van der Waals surface area (Å²) in [4.78, 5) is 31.9.